The normalized spacial score (nSPS) is 20.0. The van der Waals surface area contributed by atoms with Gasteiger partial charge in [0.2, 0.25) is 15.9 Å². The van der Waals surface area contributed by atoms with Crippen molar-refractivity contribution < 1.29 is 22.4 Å². The van der Waals surface area contributed by atoms with Crippen molar-refractivity contribution in [3.05, 3.63) is 64.9 Å². The van der Waals surface area contributed by atoms with Crippen LogP contribution in [0.2, 0.25) is 5.02 Å². The molecule has 0 bridgehead atoms. The molecule has 2 aromatic carbocycles. The van der Waals surface area contributed by atoms with Crippen molar-refractivity contribution in [3.63, 3.8) is 0 Å². The smallest absolute Gasteiger partial charge is 0.257 e. The van der Waals surface area contributed by atoms with Crippen molar-refractivity contribution in [2.45, 2.75) is 17.7 Å². The molecule has 10 heteroatoms. The van der Waals surface area contributed by atoms with Gasteiger partial charge in [-0.3, -0.25) is 9.59 Å². The summed E-state index contributed by atoms with van der Waals surface area (Å²) in [6.45, 7) is 1.70. The van der Waals surface area contributed by atoms with Crippen LogP contribution in [0.25, 0.3) is 0 Å². The van der Waals surface area contributed by atoms with E-state index in [2.05, 4.69) is 0 Å². The molecular weight excluding hydrogens is 469 g/mol. The minimum atomic E-state index is -3.65. The molecular formula is C23H25ClFN3O4S. The predicted octanol–water partition coefficient (Wildman–Crippen LogP) is 2.86. The van der Waals surface area contributed by atoms with Crippen molar-refractivity contribution >= 4 is 33.4 Å². The van der Waals surface area contributed by atoms with E-state index in [4.69, 9.17) is 11.6 Å². The van der Waals surface area contributed by atoms with E-state index in [-0.39, 0.29) is 41.0 Å². The molecule has 1 unspecified atom stereocenters. The lowest BCUT2D eigenvalue weighted by atomic mass is 9.97. The number of nitrogens with zero attached hydrogens (tertiary/aromatic N) is 3. The van der Waals surface area contributed by atoms with Crippen LogP contribution in [0.5, 0.6) is 0 Å². The van der Waals surface area contributed by atoms with Gasteiger partial charge in [0.1, 0.15) is 5.82 Å². The lowest BCUT2D eigenvalue weighted by Crippen LogP contribution is -2.54. The van der Waals surface area contributed by atoms with Crippen molar-refractivity contribution in [2.24, 2.45) is 5.92 Å². The van der Waals surface area contributed by atoms with Crippen molar-refractivity contribution in [1.82, 2.24) is 14.1 Å². The molecule has 4 rings (SSSR count). The SMILES string of the molecule is O=C(c1cc(Cl)ccc1F)N1CCN(C(=O)C2CCCN(S(=O)(=O)c3ccccc3)C2)CC1. The van der Waals surface area contributed by atoms with Crippen LogP contribution >= 0.6 is 11.6 Å². The molecule has 2 fully saturated rings. The van der Waals surface area contributed by atoms with Gasteiger partial charge in [-0.15, -0.1) is 0 Å². The van der Waals surface area contributed by atoms with Gasteiger partial charge in [0, 0.05) is 44.3 Å². The summed E-state index contributed by atoms with van der Waals surface area (Å²) in [5.74, 6) is -1.63. The highest BCUT2D eigenvalue weighted by molar-refractivity contribution is 7.89. The van der Waals surface area contributed by atoms with Crippen LogP contribution in [0.3, 0.4) is 0 Å². The lowest BCUT2D eigenvalue weighted by molar-refractivity contribution is -0.138. The second kappa shape index (κ2) is 9.79. The van der Waals surface area contributed by atoms with Gasteiger partial charge in [-0.1, -0.05) is 29.8 Å². The Kier molecular flexibility index (Phi) is 7.02. The average molecular weight is 494 g/mol. The van der Waals surface area contributed by atoms with Gasteiger partial charge in [-0.25, -0.2) is 12.8 Å². The second-order valence-electron chi connectivity index (χ2n) is 8.26. The molecule has 2 heterocycles. The van der Waals surface area contributed by atoms with Gasteiger partial charge in [0.15, 0.2) is 0 Å². The largest absolute Gasteiger partial charge is 0.339 e. The molecule has 0 aromatic heterocycles. The number of halogens is 2. The van der Waals surface area contributed by atoms with E-state index in [0.717, 1.165) is 6.07 Å². The Hall–Kier alpha value is -2.49. The van der Waals surface area contributed by atoms with Crippen LogP contribution in [-0.2, 0) is 14.8 Å². The summed E-state index contributed by atoms with van der Waals surface area (Å²) in [7, 11) is -3.65. The summed E-state index contributed by atoms with van der Waals surface area (Å²) in [5, 5.41) is 0.279. The lowest BCUT2D eigenvalue weighted by Gasteiger charge is -2.38. The van der Waals surface area contributed by atoms with E-state index in [0.29, 0.717) is 32.5 Å². The van der Waals surface area contributed by atoms with Crippen molar-refractivity contribution in [2.75, 3.05) is 39.3 Å². The summed E-state index contributed by atoms with van der Waals surface area (Å²) in [4.78, 5) is 29.2. The number of hydrogen-bond acceptors (Lipinski definition) is 4. The van der Waals surface area contributed by atoms with E-state index >= 15 is 0 Å². The molecule has 0 radical (unpaired) electrons. The first-order valence-corrected chi connectivity index (χ1v) is 12.7. The third-order valence-electron chi connectivity index (χ3n) is 6.15. The minimum absolute atomic E-state index is 0.0867. The Morgan fingerprint density at radius 2 is 1.61 bits per heavy atom. The zero-order valence-corrected chi connectivity index (χ0v) is 19.6. The Morgan fingerprint density at radius 1 is 0.939 bits per heavy atom. The Bertz CT molecular complexity index is 1140. The molecule has 2 aliphatic rings. The van der Waals surface area contributed by atoms with Crippen LogP contribution in [0, 0.1) is 11.7 Å². The molecule has 0 aliphatic carbocycles. The summed E-state index contributed by atoms with van der Waals surface area (Å²) in [5.41, 5.74) is -0.0867. The number of rotatable bonds is 4. The monoisotopic (exact) mass is 493 g/mol. The van der Waals surface area contributed by atoms with Gasteiger partial charge < -0.3 is 9.80 Å². The molecule has 0 saturated carbocycles. The van der Waals surface area contributed by atoms with Gasteiger partial charge >= 0.3 is 0 Å². The molecule has 176 valence electrons. The summed E-state index contributed by atoms with van der Waals surface area (Å²) < 4.78 is 41.3. The number of hydrogen-bond donors (Lipinski definition) is 0. The maximum atomic E-state index is 14.1. The first kappa shape index (κ1) is 23.7. The summed E-state index contributed by atoms with van der Waals surface area (Å²) >= 11 is 5.90. The third-order valence-corrected chi connectivity index (χ3v) is 8.27. The van der Waals surface area contributed by atoms with Gasteiger partial charge in [0.05, 0.1) is 16.4 Å². The van der Waals surface area contributed by atoms with Gasteiger partial charge in [0.25, 0.3) is 5.91 Å². The Morgan fingerprint density at radius 3 is 2.30 bits per heavy atom. The zero-order valence-electron chi connectivity index (χ0n) is 18.0. The van der Waals surface area contributed by atoms with Gasteiger partial charge in [-0.2, -0.15) is 4.31 Å². The highest BCUT2D eigenvalue weighted by atomic mass is 35.5. The van der Waals surface area contributed by atoms with Crippen LogP contribution in [-0.4, -0.2) is 73.6 Å². The molecule has 2 aliphatic heterocycles. The fourth-order valence-corrected chi connectivity index (χ4v) is 6.04. The van der Waals surface area contributed by atoms with E-state index in [1.54, 1.807) is 35.2 Å². The molecule has 0 spiro atoms. The average Bonchev–Trinajstić information content (AvgIpc) is 2.85. The quantitative estimate of drug-likeness (QED) is 0.656. The van der Waals surface area contributed by atoms with Gasteiger partial charge in [-0.05, 0) is 43.2 Å². The third kappa shape index (κ3) is 5.05. The van der Waals surface area contributed by atoms with Crippen LogP contribution in [0.15, 0.2) is 53.4 Å². The topological polar surface area (TPSA) is 78.0 Å². The van der Waals surface area contributed by atoms with Crippen LogP contribution in [0.4, 0.5) is 4.39 Å². The molecule has 1 atom stereocenters. The van der Waals surface area contributed by atoms with E-state index in [9.17, 15) is 22.4 Å². The standard InChI is InChI=1S/C23H25ClFN3O4S/c24-18-8-9-21(25)20(15-18)23(30)27-13-11-26(12-14-27)22(29)17-5-4-10-28(16-17)33(31,32)19-6-2-1-3-7-19/h1-3,6-9,15,17H,4-5,10-14,16H2. The molecule has 2 amide bonds. The molecule has 7 nitrogen and oxygen atoms in total. The fourth-order valence-electron chi connectivity index (χ4n) is 4.32. The second-order valence-corrected chi connectivity index (χ2v) is 10.6. The maximum absolute atomic E-state index is 14.1. The molecule has 33 heavy (non-hydrogen) atoms. The highest BCUT2D eigenvalue weighted by Gasteiger charge is 2.36. The van der Waals surface area contributed by atoms with E-state index < -0.39 is 27.7 Å². The first-order valence-electron chi connectivity index (χ1n) is 10.9. The first-order chi connectivity index (χ1) is 15.8. The fraction of sp³-hybridized carbons (Fsp3) is 0.391. The number of amides is 2. The predicted molar refractivity (Wildman–Crippen MR) is 122 cm³/mol. The minimum Gasteiger partial charge on any atom is -0.339 e. The number of sulfonamides is 1. The van der Waals surface area contributed by atoms with Crippen LogP contribution in [0.1, 0.15) is 23.2 Å². The Labute approximate surface area is 197 Å². The summed E-state index contributed by atoms with van der Waals surface area (Å²) in [6, 6.07) is 12.1. The number of carbonyl (C=O) groups excluding carboxylic acids is 2. The maximum Gasteiger partial charge on any atom is 0.257 e. The number of piperazine rings is 1. The van der Waals surface area contributed by atoms with E-state index in [1.165, 1.54) is 21.3 Å². The molecule has 2 saturated heterocycles. The molecule has 0 N–H and O–H groups in total. The number of carbonyl (C=O) groups is 2. The van der Waals surface area contributed by atoms with Crippen molar-refractivity contribution in [3.8, 4) is 0 Å². The van der Waals surface area contributed by atoms with Crippen molar-refractivity contribution in [1.29, 1.82) is 0 Å². The summed E-state index contributed by atoms with van der Waals surface area (Å²) in [6.07, 6.45) is 1.22. The molecule has 2 aromatic rings. The Balaban J connectivity index is 1.37. The number of benzene rings is 2. The number of piperidine rings is 1. The van der Waals surface area contributed by atoms with E-state index in [1.807, 2.05) is 0 Å². The van der Waals surface area contributed by atoms with Crippen LogP contribution < -0.4 is 0 Å². The highest BCUT2D eigenvalue weighted by Crippen LogP contribution is 2.26. The zero-order chi connectivity index (χ0) is 23.6.